The number of nitriles is 1. The number of benzene rings is 2. The third kappa shape index (κ3) is 3.30. The largest absolute Gasteiger partial charge is 0.497 e. The van der Waals surface area contributed by atoms with E-state index in [1.54, 1.807) is 19.2 Å². The Kier molecular flexibility index (Phi) is 5.07. The summed E-state index contributed by atoms with van der Waals surface area (Å²) >= 11 is 6.61. The van der Waals surface area contributed by atoms with E-state index in [9.17, 15) is 10.1 Å². The van der Waals surface area contributed by atoms with E-state index in [1.165, 1.54) is 0 Å². The average Bonchev–Trinajstić information content (AvgIpc) is 3.24. The van der Waals surface area contributed by atoms with E-state index in [4.69, 9.17) is 25.8 Å². The minimum atomic E-state index is -0.539. The molecule has 0 spiro atoms. The molecule has 0 unspecified atom stereocenters. The Morgan fingerprint density at radius 3 is 2.56 bits per heavy atom. The molecular weight excluding hydrogens is 428 g/mol. The number of rotatable bonds is 3. The van der Waals surface area contributed by atoms with Gasteiger partial charge >= 0.3 is 0 Å². The molecule has 162 valence electrons. The van der Waals surface area contributed by atoms with Crippen LogP contribution in [0.3, 0.4) is 0 Å². The summed E-state index contributed by atoms with van der Waals surface area (Å²) in [7, 11) is 1.63. The first kappa shape index (κ1) is 20.5. The third-order valence-electron chi connectivity index (χ3n) is 6.34. The van der Waals surface area contributed by atoms with Crippen molar-refractivity contribution in [1.82, 2.24) is 5.32 Å². The molecule has 3 aliphatic rings. The number of hydrogen-bond donors (Lipinski definition) is 1. The average molecular weight is 449 g/mol. The number of ketones is 1. The van der Waals surface area contributed by atoms with Crippen LogP contribution >= 0.6 is 11.6 Å². The van der Waals surface area contributed by atoms with Gasteiger partial charge in [0.1, 0.15) is 5.75 Å². The van der Waals surface area contributed by atoms with Gasteiger partial charge in [-0.1, -0.05) is 23.7 Å². The highest BCUT2D eigenvalue weighted by molar-refractivity contribution is 6.31. The van der Waals surface area contributed by atoms with E-state index in [-0.39, 0.29) is 18.5 Å². The molecule has 2 aromatic rings. The summed E-state index contributed by atoms with van der Waals surface area (Å²) in [6.07, 6.45) is 1.03. The molecule has 0 bridgehead atoms. The summed E-state index contributed by atoms with van der Waals surface area (Å²) in [5, 5.41) is 13.7. The fraction of sp³-hybridized carbons (Fsp3) is 0.280. The Bertz CT molecular complexity index is 1220. The van der Waals surface area contributed by atoms with E-state index in [1.807, 2.05) is 31.2 Å². The van der Waals surface area contributed by atoms with Crippen LogP contribution in [0.5, 0.6) is 17.2 Å². The molecule has 0 amide bonds. The van der Waals surface area contributed by atoms with Gasteiger partial charge in [0, 0.05) is 34.5 Å². The zero-order valence-corrected chi connectivity index (χ0v) is 18.5. The van der Waals surface area contributed by atoms with Gasteiger partial charge in [-0.15, -0.1) is 0 Å². The number of carbonyl (C=O) groups is 1. The highest BCUT2D eigenvalue weighted by Gasteiger charge is 2.40. The van der Waals surface area contributed by atoms with Crippen molar-refractivity contribution in [2.24, 2.45) is 0 Å². The first-order valence-electron chi connectivity index (χ1n) is 10.4. The molecule has 2 atom stereocenters. The number of ether oxygens (including phenoxy) is 3. The monoisotopic (exact) mass is 448 g/mol. The summed E-state index contributed by atoms with van der Waals surface area (Å²) in [4.78, 5) is 13.5. The maximum Gasteiger partial charge on any atom is 0.231 e. The van der Waals surface area contributed by atoms with Crippen LogP contribution in [0.2, 0.25) is 5.02 Å². The molecule has 7 heteroatoms. The van der Waals surface area contributed by atoms with Crippen LogP contribution in [0.25, 0.3) is 0 Å². The van der Waals surface area contributed by atoms with Crippen molar-refractivity contribution in [3.63, 3.8) is 0 Å². The van der Waals surface area contributed by atoms with Crippen LogP contribution in [0.1, 0.15) is 42.7 Å². The molecule has 5 rings (SSSR count). The molecule has 2 aromatic carbocycles. The molecule has 0 saturated carbocycles. The van der Waals surface area contributed by atoms with Gasteiger partial charge in [-0.2, -0.15) is 5.26 Å². The van der Waals surface area contributed by atoms with Gasteiger partial charge in [-0.3, -0.25) is 4.79 Å². The number of fused-ring (bicyclic) bond motifs is 1. The summed E-state index contributed by atoms with van der Waals surface area (Å²) in [5.41, 5.74) is 4.43. The van der Waals surface area contributed by atoms with E-state index in [2.05, 4.69) is 11.4 Å². The van der Waals surface area contributed by atoms with E-state index in [0.29, 0.717) is 46.1 Å². The molecule has 0 aromatic heterocycles. The zero-order chi connectivity index (χ0) is 22.4. The van der Waals surface area contributed by atoms with Crippen molar-refractivity contribution >= 4 is 17.4 Å². The number of halogens is 1. The maximum absolute atomic E-state index is 13.5. The van der Waals surface area contributed by atoms with Gasteiger partial charge in [0.25, 0.3) is 0 Å². The standard InChI is InChI=1S/C25H21ClN2O4/c1-13-18(11-27)24(17-9-22-23(10-19(17)26)32-12-31-22)25-20(28-13)7-15(8-21(25)29)14-3-5-16(30-2)6-4-14/h3-6,9-10,15,24,28H,7-8,12H2,1-2H3/t15-,24+/m1/s1. The van der Waals surface area contributed by atoms with Crippen molar-refractivity contribution < 1.29 is 19.0 Å². The highest BCUT2D eigenvalue weighted by Crippen LogP contribution is 2.49. The van der Waals surface area contributed by atoms with E-state index >= 15 is 0 Å². The second-order valence-electron chi connectivity index (χ2n) is 8.13. The third-order valence-corrected chi connectivity index (χ3v) is 6.67. The van der Waals surface area contributed by atoms with Gasteiger partial charge in [0.15, 0.2) is 17.3 Å². The van der Waals surface area contributed by atoms with E-state index < -0.39 is 5.92 Å². The van der Waals surface area contributed by atoms with Gasteiger partial charge in [0.2, 0.25) is 6.79 Å². The van der Waals surface area contributed by atoms with Crippen LogP contribution in [0, 0.1) is 11.3 Å². The van der Waals surface area contributed by atoms with E-state index in [0.717, 1.165) is 22.7 Å². The molecule has 0 saturated heterocycles. The minimum absolute atomic E-state index is 0.0125. The van der Waals surface area contributed by atoms with Crippen LogP contribution in [-0.4, -0.2) is 19.7 Å². The summed E-state index contributed by atoms with van der Waals surface area (Å²) in [6, 6.07) is 13.6. The fourth-order valence-corrected chi connectivity index (χ4v) is 5.03. The van der Waals surface area contributed by atoms with Gasteiger partial charge in [-0.25, -0.2) is 0 Å². The second-order valence-corrected chi connectivity index (χ2v) is 8.54. The van der Waals surface area contributed by atoms with Gasteiger partial charge < -0.3 is 19.5 Å². The Morgan fingerprint density at radius 1 is 1.16 bits per heavy atom. The van der Waals surface area contributed by atoms with Crippen LogP contribution in [0.15, 0.2) is 58.9 Å². The number of nitrogens with zero attached hydrogens (tertiary/aromatic N) is 1. The molecule has 0 radical (unpaired) electrons. The molecule has 1 N–H and O–H groups in total. The number of hydrogen-bond acceptors (Lipinski definition) is 6. The number of carbonyl (C=O) groups excluding carboxylic acids is 1. The molecule has 6 nitrogen and oxygen atoms in total. The lowest BCUT2D eigenvalue weighted by molar-refractivity contribution is -0.116. The van der Waals surface area contributed by atoms with Crippen molar-refractivity contribution in [3.05, 3.63) is 75.1 Å². The molecule has 2 heterocycles. The lowest BCUT2D eigenvalue weighted by Gasteiger charge is -2.36. The van der Waals surface area contributed by atoms with Crippen molar-refractivity contribution in [2.45, 2.75) is 31.6 Å². The normalized spacial score (nSPS) is 21.8. The maximum atomic E-state index is 13.5. The highest BCUT2D eigenvalue weighted by atomic mass is 35.5. The van der Waals surface area contributed by atoms with Crippen LogP contribution in [-0.2, 0) is 4.79 Å². The number of methoxy groups -OCH3 is 1. The summed E-state index contributed by atoms with van der Waals surface area (Å²) in [6.45, 7) is 1.98. The van der Waals surface area contributed by atoms with Crippen LogP contribution in [0.4, 0.5) is 0 Å². The minimum Gasteiger partial charge on any atom is -0.497 e. The zero-order valence-electron chi connectivity index (χ0n) is 17.7. The Balaban J connectivity index is 1.58. The summed E-state index contributed by atoms with van der Waals surface area (Å²) in [5.74, 6) is 1.43. The molecular formula is C25H21ClN2O4. The Morgan fingerprint density at radius 2 is 1.88 bits per heavy atom. The molecule has 1 aliphatic carbocycles. The second kappa shape index (κ2) is 7.92. The van der Waals surface area contributed by atoms with Crippen LogP contribution < -0.4 is 19.5 Å². The lowest BCUT2D eigenvalue weighted by atomic mass is 9.72. The number of allylic oxidation sites excluding steroid dienone is 4. The van der Waals surface area contributed by atoms with Crippen molar-refractivity contribution in [2.75, 3.05) is 13.9 Å². The predicted octanol–water partition coefficient (Wildman–Crippen LogP) is 4.96. The van der Waals surface area contributed by atoms with Crippen molar-refractivity contribution in [3.8, 4) is 23.3 Å². The quantitative estimate of drug-likeness (QED) is 0.714. The number of nitrogens with one attached hydrogen (secondary N) is 1. The van der Waals surface area contributed by atoms with Gasteiger partial charge in [0.05, 0.1) is 24.7 Å². The SMILES string of the molecule is COc1ccc([C@H]2CC(=O)C3=C(C2)NC(C)=C(C#N)[C@@H]3c2cc3c(cc2Cl)OCO3)cc1. The molecule has 0 fully saturated rings. The van der Waals surface area contributed by atoms with Crippen molar-refractivity contribution in [1.29, 1.82) is 5.26 Å². The topological polar surface area (TPSA) is 80.6 Å². The predicted molar refractivity (Wildman–Crippen MR) is 119 cm³/mol. The number of Topliss-reactive ketones (excluding diaryl/α,β-unsaturated/α-hetero) is 1. The first-order valence-corrected chi connectivity index (χ1v) is 10.7. The molecule has 32 heavy (non-hydrogen) atoms. The molecule has 2 aliphatic heterocycles. The lowest BCUT2D eigenvalue weighted by Crippen LogP contribution is -2.33. The smallest absolute Gasteiger partial charge is 0.231 e. The fourth-order valence-electron chi connectivity index (χ4n) is 4.76. The first-order chi connectivity index (χ1) is 15.5. The Labute approximate surface area is 191 Å². The Hall–Kier alpha value is -3.43. The number of dihydropyridines is 1. The van der Waals surface area contributed by atoms with Gasteiger partial charge in [-0.05, 0) is 48.6 Å². The summed E-state index contributed by atoms with van der Waals surface area (Å²) < 4.78 is 16.2.